The van der Waals surface area contributed by atoms with E-state index in [1.54, 1.807) is 27.7 Å². The number of aliphatic hydroxyl groups excluding tert-OH is 2. The van der Waals surface area contributed by atoms with E-state index in [1.807, 2.05) is 41.5 Å². The molecule has 1 radical (unpaired) electrons. The average Bonchev–Trinajstić information content (AvgIpc) is 2.10. The monoisotopic (exact) mass is 383 g/mol. The Balaban J connectivity index is -0.000000150. The van der Waals surface area contributed by atoms with Gasteiger partial charge in [-0.2, -0.15) is 0 Å². The predicted octanol–water partition coefficient (Wildman–Crippen LogP) is 3.02. The number of aliphatic hydroxyl groups is 2. The van der Waals surface area contributed by atoms with Gasteiger partial charge in [0.1, 0.15) is 0 Å². The van der Waals surface area contributed by atoms with Gasteiger partial charge in [-0.3, -0.25) is 0 Å². The van der Waals surface area contributed by atoms with Crippen LogP contribution in [0.4, 0.5) is 0 Å². The van der Waals surface area contributed by atoms with Gasteiger partial charge < -0.3 is 21.6 Å². The second kappa shape index (κ2) is 19.9. The van der Waals surface area contributed by atoms with Gasteiger partial charge in [0.05, 0.1) is 0 Å². The van der Waals surface area contributed by atoms with Crippen molar-refractivity contribution >= 4 is 15.1 Å². The zero-order valence-electron chi connectivity index (χ0n) is 15.9. The summed E-state index contributed by atoms with van der Waals surface area (Å²) in [5.41, 5.74) is 0. The molecule has 22 heavy (non-hydrogen) atoms. The Kier molecular flexibility index (Phi) is 27.7. The van der Waals surface area contributed by atoms with Gasteiger partial charge in [0.25, 0.3) is 0 Å². The van der Waals surface area contributed by atoms with Crippen molar-refractivity contribution in [1.82, 2.24) is 0 Å². The first-order valence-corrected chi connectivity index (χ1v) is 9.12. The normalized spacial score (nSPS) is 10.2. The van der Waals surface area contributed by atoms with Crippen LogP contribution in [-0.2, 0) is 28.1 Å². The quantitative estimate of drug-likeness (QED) is 0.690. The Morgan fingerprint density at radius 2 is 0.682 bits per heavy atom. The van der Waals surface area contributed by atoms with Gasteiger partial charge in [-0.25, -0.2) is 0 Å². The Morgan fingerprint density at radius 3 is 0.773 bits per heavy atom. The molecule has 0 atom stereocenters. The van der Waals surface area contributed by atoms with Crippen LogP contribution in [0.3, 0.4) is 0 Å². The van der Waals surface area contributed by atoms with Crippen molar-refractivity contribution in [2.45, 2.75) is 99.8 Å². The molecule has 0 unspecified atom stereocenters. The van der Waals surface area contributed by atoms with E-state index < -0.39 is 15.1 Å². The van der Waals surface area contributed by atoms with Gasteiger partial charge >= 0.3 is 15.1 Å². The number of rotatable bonds is 6. The van der Waals surface area contributed by atoms with Crippen LogP contribution in [0.1, 0.15) is 69.2 Å². The zero-order chi connectivity index (χ0) is 17.6. The molecule has 0 aliphatic heterocycles. The van der Waals surface area contributed by atoms with E-state index >= 15 is 0 Å². The summed E-state index contributed by atoms with van der Waals surface area (Å²) in [6.07, 6.45) is 0.192. The molecular weight excluding hydrogens is 346 g/mol. The Bertz CT molecular complexity index is 167. The minimum Gasteiger partial charge on any atom is -0.452 e. The van der Waals surface area contributed by atoms with Gasteiger partial charge in [-0.1, -0.05) is 0 Å². The molecule has 0 aromatic heterocycles. The average molecular weight is 383 g/mol. The second-order valence-corrected chi connectivity index (χ2v) is 7.42. The first-order chi connectivity index (χ1) is 9.38. The molecule has 2 N–H and O–H groups in total. The molecule has 0 saturated heterocycles. The molecule has 139 valence electrons. The summed E-state index contributed by atoms with van der Waals surface area (Å²) in [5.74, 6) is 0. The van der Waals surface area contributed by atoms with Crippen LogP contribution in [0.15, 0.2) is 0 Å². The summed E-state index contributed by atoms with van der Waals surface area (Å²) >= 11 is -1.91. The van der Waals surface area contributed by atoms with Crippen molar-refractivity contribution in [2.75, 3.05) is 0 Å². The zero-order valence-corrected chi connectivity index (χ0v) is 18.1. The first kappa shape index (κ1) is 30.7. The molecule has 7 heteroatoms. The van der Waals surface area contributed by atoms with Crippen molar-refractivity contribution < 1.29 is 38.4 Å². The minimum absolute atomic E-state index is 0. The van der Waals surface area contributed by atoms with Gasteiger partial charge in [-0.05, 0) is 69.2 Å². The molecule has 0 rings (SSSR count). The van der Waals surface area contributed by atoms with Gasteiger partial charge in [0.15, 0.2) is 0 Å². The largest absolute Gasteiger partial charge is 0.906 e. The third-order valence-corrected chi connectivity index (χ3v) is 3.45. The Hall–Kier alpha value is 0.839. The van der Waals surface area contributed by atoms with E-state index in [0.29, 0.717) is 0 Å². The van der Waals surface area contributed by atoms with Crippen molar-refractivity contribution in [3.05, 3.63) is 0 Å². The molecular formula is C15H37AlCoO5. The van der Waals surface area contributed by atoms with Gasteiger partial charge in [0, 0.05) is 47.3 Å². The molecule has 0 heterocycles. The van der Waals surface area contributed by atoms with E-state index in [4.69, 9.17) is 21.6 Å². The molecule has 0 aromatic carbocycles. The second-order valence-electron chi connectivity index (χ2n) is 6.03. The van der Waals surface area contributed by atoms with Crippen LogP contribution >= 0.6 is 0 Å². The van der Waals surface area contributed by atoms with Crippen molar-refractivity contribution in [1.29, 1.82) is 0 Å². The van der Waals surface area contributed by atoms with E-state index in [2.05, 4.69) is 0 Å². The standard InChI is InChI=1S/2C3H8O.3C3H7O.Al.Co/c5*1-3(2)4;;/h2*3-4H,1-2H3;3*3H,1-2H3;;/q;;3*-1;+3;. The molecule has 5 nitrogen and oxygen atoms in total. The maximum Gasteiger partial charge on any atom is 0.906 e. The molecule has 0 amide bonds. The maximum atomic E-state index is 8.06. The molecule has 0 aliphatic rings. The minimum atomic E-state index is -1.91. The van der Waals surface area contributed by atoms with E-state index in [0.717, 1.165) is 0 Å². The summed E-state index contributed by atoms with van der Waals surface area (Å²) in [6.45, 7) is 18.8. The molecule has 0 saturated carbocycles. The first-order valence-electron chi connectivity index (χ1n) is 7.70. The molecule has 0 aliphatic carbocycles. The summed E-state index contributed by atoms with van der Waals surface area (Å²) in [7, 11) is 0. The molecule has 0 bridgehead atoms. The van der Waals surface area contributed by atoms with Crippen LogP contribution in [0, 0.1) is 0 Å². The Morgan fingerprint density at radius 1 is 0.545 bits per heavy atom. The topological polar surface area (TPSA) is 68.2 Å². The van der Waals surface area contributed by atoms with Crippen LogP contribution in [0.5, 0.6) is 0 Å². The summed E-state index contributed by atoms with van der Waals surface area (Å²) < 4.78 is 16.7. The van der Waals surface area contributed by atoms with Gasteiger partial charge in [0.2, 0.25) is 0 Å². The Labute approximate surface area is 153 Å². The van der Waals surface area contributed by atoms with Crippen molar-refractivity contribution in [3.63, 3.8) is 0 Å². The van der Waals surface area contributed by atoms with Crippen molar-refractivity contribution in [2.24, 2.45) is 0 Å². The van der Waals surface area contributed by atoms with Crippen LogP contribution in [-0.4, -0.2) is 55.9 Å². The summed E-state index contributed by atoms with van der Waals surface area (Å²) in [4.78, 5) is 0. The van der Waals surface area contributed by atoms with Crippen LogP contribution in [0.25, 0.3) is 0 Å². The molecule has 0 aromatic rings. The fourth-order valence-electron chi connectivity index (χ4n) is 0.763. The number of hydrogen-bond acceptors (Lipinski definition) is 5. The third-order valence-electron chi connectivity index (χ3n) is 1.15. The van der Waals surface area contributed by atoms with Crippen LogP contribution in [0.2, 0.25) is 0 Å². The van der Waals surface area contributed by atoms with E-state index in [-0.39, 0.29) is 47.3 Å². The third kappa shape index (κ3) is 49.8. The van der Waals surface area contributed by atoms with E-state index in [1.165, 1.54) is 0 Å². The fraction of sp³-hybridized carbons (Fsp3) is 1.00. The molecule has 0 spiro atoms. The van der Waals surface area contributed by atoms with Gasteiger partial charge in [-0.15, -0.1) is 0 Å². The number of hydrogen-bond donors (Lipinski definition) is 2. The van der Waals surface area contributed by atoms with Crippen LogP contribution < -0.4 is 0 Å². The maximum absolute atomic E-state index is 8.06. The van der Waals surface area contributed by atoms with Crippen molar-refractivity contribution in [3.8, 4) is 0 Å². The molecule has 0 fully saturated rings. The predicted molar refractivity (Wildman–Crippen MR) is 89.1 cm³/mol. The fourth-order valence-corrected chi connectivity index (χ4v) is 2.29. The SMILES string of the molecule is CC(C)O.CC(C)O.CC(C)[O][Al]([O]C(C)C)[O]C(C)C.[Co]. The smallest absolute Gasteiger partial charge is 0.452 e. The summed E-state index contributed by atoms with van der Waals surface area (Å²) in [5, 5.41) is 16.1. The van der Waals surface area contributed by atoms with E-state index in [9.17, 15) is 0 Å². The summed E-state index contributed by atoms with van der Waals surface area (Å²) in [6, 6.07) is 0.